The standard InChI is InChI=1S/C23H25N3OS.C2H7N/c1-5-26(4)15-24-21-11-16(2)19(10-17(21)3)12-23-25-22(14-28-23)20-9-7-6-8-18(20)13-27;1-3-2/h6-11,13-15H,5,12H2,1-4H3;3H,1-2H3. The van der Waals surface area contributed by atoms with E-state index < -0.39 is 0 Å². The molecule has 2 aromatic carbocycles. The van der Waals surface area contributed by atoms with Gasteiger partial charge in [-0.15, -0.1) is 11.3 Å². The highest BCUT2D eigenvalue weighted by Gasteiger charge is 2.11. The van der Waals surface area contributed by atoms with Crippen molar-refractivity contribution in [2.24, 2.45) is 4.99 Å². The van der Waals surface area contributed by atoms with Gasteiger partial charge in [0.15, 0.2) is 6.29 Å². The first kappa shape index (κ1) is 24.4. The molecule has 0 bridgehead atoms. The van der Waals surface area contributed by atoms with Gasteiger partial charge in [-0.25, -0.2) is 9.98 Å². The van der Waals surface area contributed by atoms with Gasteiger partial charge in [0.05, 0.1) is 22.7 Å². The second-order valence-corrected chi connectivity index (χ2v) is 8.33. The molecule has 0 atom stereocenters. The summed E-state index contributed by atoms with van der Waals surface area (Å²) in [5.41, 5.74) is 7.04. The number of aromatic nitrogens is 1. The highest BCUT2D eigenvalue weighted by Crippen LogP contribution is 2.28. The summed E-state index contributed by atoms with van der Waals surface area (Å²) >= 11 is 1.63. The van der Waals surface area contributed by atoms with Crippen LogP contribution in [0, 0.1) is 13.8 Å². The Morgan fingerprint density at radius 3 is 2.55 bits per heavy atom. The fourth-order valence-corrected chi connectivity index (χ4v) is 3.76. The van der Waals surface area contributed by atoms with E-state index >= 15 is 0 Å². The zero-order valence-corrected chi connectivity index (χ0v) is 20.1. The number of aryl methyl sites for hydroxylation is 2. The van der Waals surface area contributed by atoms with Crippen molar-refractivity contribution in [3.8, 4) is 11.3 Å². The number of carbonyl (C=O) groups is 1. The number of rotatable bonds is 7. The Hall–Kier alpha value is -2.83. The van der Waals surface area contributed by atoms with Gasteiger partial charge >= 0.3 is 0 Å². The second-order valence-electron chi connectivity index (χ2n) is 7.39. The monoisotopic (exact) mass is 436 g/mol. The minimum absolute atomic E-state index is 0.672. The number of carbonyl (C=O) groups excluding carboxylic acids is 1. The van der Waals surface area contributed by atoms with Gasteiger partial charge in [0, 0.05) is 36.5 Å². The summed E-state index contributed by atoms with van der Waals surface area (Å²) in [7, 11) is 5.77. The highest BCUT2D eigenvalue weighted by atomic mass is 32.1. The first-order chi connectivity index (χ1) is 14.9. The molecule has 0 aliphatic carbocycles. The Morgan fingerprint density at radius 1 is 1.16 bits per heavy atom. The molecule has 0 fully saturated rings. The first-order valence-corrected chi connectivity index (χ1v) is 11.2. The van der Waals surface area contributed by atoms with Crippen LogP contribution in [0.2, 0.25) is 0 Å². The van der Waals surface area contributed by atoms with Gasteiger partial charge in [-0.2, -0.15) is 0 Å². The molecule has 1 heterocycles. The van der Waals surface area contributed by atoms with E-state index in [1.165, 1.54) is 11.1 Å². The Bertz CT molecular complexity index is 1030. The summed E-state index contributed by atoms with van der Waals surface area (Å²) in [6.07, 6.45) is 3.54. The maximum atomic E-state index is 11.3. The van der Waals surface area contributed by atoms with Crippen molar-refractivity contribution < 1.29 is 4.79 Å². The lowest BCUT2D eigenvalue weighted by Crippen LogP contribution is -2.14. The van der Waals surface area contributed by atoms with E-state index in [1.807, 2.05) is 57.1 Å². The van der Waals surface area contributed by atoms with Gasteiger partial charge in [-0.1, -0.05) is 30.3 Å². The Morgan fingerprint density at radius 2 is 1.87 bits per heavy atom. The maximum Gasteiger partial charge on any atom is 0.150 e. The molecule has 1 aromatic heterocycles. The lowest BCUT2D eigenvalue weighted by Gasteiger charge is -2.11. The summed E-state index contributed by atoms with van der Waals surface area (Å²) < 4.78 is 0. The third kappa shape index (κ3) is 6.84. The number of aldehydes is 1. The molecule has 164 valence electrons. The molecule has 31 heavy (non-hydrogen) atoms. The molecule has 3 aromatic rings. The lowest BCUT2D eigenvalue weighted by molar-refractivity contribution is 0.112. The van der Waals surface area contributed by atoms with Crippen LogP contribution in [-0.4, -0.2) is 50.2 Å². The van der Waals surface area contributed by atoms with Crippen molar-refractivity contribution in [3.05, 3.63) is 69.0 Å². The normalized spacial score (nSPS) is 10.6. The summed E-state index contributed by atoms with van der Waals surface area (Å²) in [5.74, 6) is 0. The van der Waals surface area contributed by atoms with Gasteiger partial charge in [0.1, 0.15) is 0 Å². The van der Waals surface area contributed by atoms with Gasteiger partial charge in [0.25, 0.3) is 0 Å². The fourth-order valence-electron chi connectivity index (χ4n) is 2.94. The molecule has 5 nitrogen and oxygen atoms in total. The zero-order chi connectivity index (χ0) is 22.8. The van der Waals surface area contributed by atoms with Crippen molar-refractivity contribution in [2.45, 2.75) is 27.2 Å². The number of nitrogens with one attached hydrogen (secondary N) is 1. The minimum Gasteiger partial charge on any atom is -0.366 e. The minimum atomic E-state index is 0.672. The summed E-state index contributed by atoms with van der Waals surface area (Å²) in [4.78, 5) is 22.7. The van der Waals surface area contributed by atoms with Crippen LogP contribution in [0.5, 0.6) is 0 Å². The van der Waals surface area contributed by atoms with E-state index in [2.05, 4.69) is 48.1 Å². The summed E-state index contributed by atoms with van der Waals surface area (Å²) in [5, 5.41) is 5.82. The van der Waals surface area contributed by atoms with E-state index in [9.17, 15) is 4.79 Å². The highest BCUT2D eigenvalue weighted by molar-refractivity contribution is 7.10. The number of thiazole rings is 1. The average molecular weight is 437 g/mol. The Labute approximate surface area is 189 Å². The van der Waals surface area contributed by atoms with Crippen LogP contribution < -0.4 is 5.32 Å². The van der Waals surface area contributed by atoms with Crippen molar-refractivity contribution in [1.82, 2.24) is 15.2 Å². The quantitative estimate of drug-likeness (QED) is 0.311. The van der Waals surface area contributed by atoms with E-state index in [-0.39, 0.29) is 0 Å². The van der Waals surface area contributed by atoms with Crippen molar-refractivity contribution in [2.75, 3.05) is 27.7 Å². The largest absolute Gasteiger partial charge is 0.366 e. The van der Waals surface area contributed by atoms with Gasteiger partial charge in [0.2, 0.25) is 0 Å². The summed E-state index contributed by atoms with van der Waals surface area (Å²) in [6, 6.07) is 11.9. The summed E-state index contributed by atoms with van der Waals surface area (Å²) in [6.45, 7) is 7.24. The lowest BCUT2D eigenvalue weighted by atomic mass is 10.0. The molecular formula is C25H32N4OS. The predicted octanol–water partition coefficient (Wildman–Crippen LogP) is 5.28. The molecule has 0 radical (unpaired) electrons. The average Bonchev–Trinajstić information content (AvgIpc) is 3.23. The van der Waals surface area contributed by atoms with Crippen LogP contribution in [0.3, 0.4) is 0 Å². The second kappa shape index (κ2) is 12.1. The van der Waals surface area contributed by atoms with Gasteiger partial charge in [-0.3, -0.25) is 4.79 Å². The first-order valence-electron chi connectivity index (χ1n) is 10.3. The Balaban J connectivity index is 0.00000107. The number of hydrogen-bond acceptors (Lipinski definition) is 5. The van der Waals surface area contributed by atoms with Crippen LogP contribution in [0.4, 0.5) is 5.69 Å². The number of nitrogens with zero attached hydrogens (tertiary/aromatic N) is 3. The topological polar surface area (TPSA) is 57.6 Å². The van der Waals surface area contributed by atoms with Crippen LogP contribution in [0.15, 0.2) is 46.8 Å². The smallest absolute Gasteiger partial charge is 0.150 e. The van der Waals surface area contributed by atoms with Crippen molar-refractivity contribution in [3.63, 3.8) is 0 Å². The maximum absolute atomic E-state index is 11.3. The molecule has 0 unspecified atom stereocenters. The van der Waals surface area contributed by atoms with E-state index in [1.54, 1.807) is 11.3 Å². The molecule has 6 heteroatoms. The number of aliphatic imine (C=N–C) groups is 1. The van der Waals surface area contributed by atoms with Crippen LogP contribution in [0.25, 0.3) is 11.3 Å². The molecule has 0 amide bonds. The zero-order valence-electron chi connectivity index (χ0n) is 19.3. The van der Waals surface area contributed by atoms with E-state index in [0.29, 0.717) is 5.56 Å². The van der Waals surface area contributed by atoms with Crippen molar-refractivity contribution in [1.29, 1.82) is 0 Å². The van der Waals surface area contributed by atoms with Crippen molar-refractivity contribution >= 4 is 29.6 Å². The number of hydrogen-bond donors (Lipinski definition) is 1. The van der Waals surface area contributed by atoms with Crippen LogP contribution >= 0.6 is 11.3 Å². The van der Waals surface area contributed by atoms with Gasteiger partial charge in [-0.05, 0) is 57.6 Å². The van der Waals surface area contributed by atoms with E-state index in [4.69, 9.17) is 4.98 Å². The molecule has 0 spiro atoms. The molecule has 1 N–H and O–H groups in total. The predicted molar refractivity (Wildman–Crippen MR) is 133 cm³/mol. The van der Waals surface area contributed by atoms with Gasteiger partial charge < -0.3 is 10.2 Å². The molecular weight excluding hydrogens is 404 g/mol. The van der Waals surface area contributed by atoms with Crippen LogP contribution in [-0.2, 0) is 6.42 Å². The molecule has 3 rings (SSSR count). The van der Waals surface area contributed by atoms with Crippen LogP contribution in [0.1, 0.15) is 39.0 Å². The number of benzene rings is 2. The fraction of sp³-hybridized carbons (Fsp3) is 0.320. The van der Waals surface area contributed by atoms with E-state index in [0.717, 1.165) is 46.8 Å². The Kier molecular flexibility index (Phi) is 9.56. The third-order valence-electron chi connectivity index (χ3n) is 4.80. The SMILES string of the molecule is CCN(C)C=Nc1cc(C)c(Cc2nc(-c3ccccc3C=O)cs2)cc1C.CNC. The molecule has 0 aliphatic rings. The third-order valence-corrected chi connectivity index (χ3v) is 5.65. The molecule has 0 saturated carbocycles. The molecule has 0 aliphatic heterocycles. The molecule has 0 saturated heterocycles.